The summed E-state index contributed by atoms with van der Waals surface area (Å²) in [5.74, 6) is -0.0530. The number of fused-ring (bicyclic) bond motifs is 1. The molecule has 3 rings (SSSR count). The van der Waals surface area contributed by atoms with Gasteiger partial charge in [-0.1, -0.05) is 23.7 Å². The largest absolute Gasteiger partial charge is 0.432 e. The number of ether oxygens (including phenoxy) is 1. The average molecular weight is 378 g/mol. The second-order valence-corrected chi connectivity index (χ2v) is 5.76. The summed E-state index contributed by atoms with van der Waals surface area (Å²) in [7, 11) is 0. The minimum Gasteiger partial charge on any atom is -0.432 e. The Morgan fingerprint density at radius 2 is 1.92 bits per heavy atom. The van der Waals surface area contributed by atoms with E-state index in [0.29, 0.717) is 22.6 Å². The quantitative estimate of drug-likeness (QED) is 0.670. The van der Waals surface area contributed by atoms with E-state index in [9.17, 15) is 13.6 Å². The molecule has 5 nitrogen and oxygen atoms in total. The van der Waals surface area contributed by atoms with Gasteiger partial charge in [-0.25, -0.2) is 4.79 Å². The average Bonchev–Trinajstić information content (AvgIpc) is 2.63. The number of hydrogen-bond acceptors (Lipinski definition) is 3. The van der Waals surface area contributed by atoms with Gasteiger partial charge in [0.15, 0.2) is 5.75 Å². The summed E-state index contributed by atoms with van der Waals surface area (Å²) >= 11 is 5.82. The fraction of sp³-hybridized carbons (Fsp3) is 0.111. The van der Waals surface area contributed by atoms with Crippen molar-refractivity contribution in [1.82, 2.24) is 10.3 Å². The summed E-state index contributed by atoms with van der Waals surface area (Å²) in [6.07, 6.45) is 1.46. The first kappa shape index (κ1) is 17.9. The zero-order valence-electron chi connectivity index (χ0n) is 13.4. The van der Waals surface area contributed by atoms with Crippen molar-refractivity contribution in [3.63, 3.8) is 0 Å². The standard InChI is InChI=1S/C18H14ClF2N3O2/c19-12-5-3-11(4-6-12)10-23-18(25)24-14-7-8-15(26-17(20)21)16-13(14)2-1-9-22-16/h1-9,17H,10H2,(H2,23,24,25). The summed E-state index contributed by atoms with van der Waals surface area (Å²) in [4.78, 5) is 16.2. The zero-order valence-corrected chi connectivity index (χ0v) is 14.1. The number of rotatable bonds is 5. The number of nitrogens with zero attached hydrogens (tertiary/aromatic N) is 1. The van der Waals surface area contributed by atoms with Crippen LogP contribution in [0.2, 0.25) is 5.02 Å². The number of urea groups is 1. The third-order valence-corrected chi connectivity index (χ3v) is 3.82. The summed E-state index contributed by atoms with van der Waals surface area (Å²) in [5, 5.41) is 6.51. The normalized spacial score (nSPS) is 10.8. The van der Waals surface area contributed by atoms with Crippen LogP contribution in [0.1, 0.15) is 5.56 Å². The number of amides is 2. The summed E-state index contributed by atoms with van der Waals surface area (Å²) in [5.41, 5.74) is 1.56. The lowest BCUT2D eigenvalue weighted by atomic mass is 10.1. The van der Waals surface area contributed by atoms with Gasteiger partial charge in [-0.05, 0) is 42.0 Å². The molecule has 1 aromatic heterocycles. The van der Waals surface area contributed by atoms with Gasteiger partial charge in [0.2, 0.25) is 0 Å². The van der Waals surface area contributed by atoms with Crippen molar-refractivity contribution >= 4 is 34.2 Å². The second kappa shape index (κ2) is 7.97. The fourth-order valence-corrected chi connectivity index (χ4v) is 2.52. The van der Waals surface area contributed by atoms with Gasteiger partial charge < -0.3 is 15.4 Å². The molecule has 2 amide bonds. The number of hydrogen-bond donors (Lipinski definition) is 2. The third-order valence-electron chi connectivity index (χ3n) is 3.56. The van der Waals surface area contributed by atoms with Gasteiger partial charge in [0, 0.05) is 23.2 Å². The molecule has 8 heteroatoms. The lowest BCUT2D eigenvalue weighted by molar-refractivity contribution is -0.0489. The molecule has 0 aliphatic heterocycles. The van der Waals surface area contributed by atoms with Gasteiger partial charge in [-0.15, -0.1) is 0 Å². The molecule has 1 heterocycles. The highest BCUT2D eigenvalue weighted by Gasteiger charge is 2.13. The van der Waals surface area contributed by atoms with Crippen LogP contribution in [0.15, 0.2) is 54.7 Å². The second-order valence-electron chi connectivity index (χ2n) is 5.32. The topological polar surface area (TPSA) is 63.2 Å². The Morgan fingerprint density at radius 1 is 1.15 bits per heavy atom. The smallest absolute Gasteiger partial charge is 0.387 e. The van der Waals surface area contributed by atoms with Gasteiger partial charge in [-0.2, -0.15) is 8.78 Å². The molecule has 0 aliphatic rings. The maximum Gasteiger partial charge on any atom is 0.387 e. The fourth-order valence-electron chi connectivity index (χ4n) is 2.40. The van der Waals surface area contributed by atoms with E-state index in [1.165, 1.54) is 18.3 Å². The summed E-state index contributed by atoms with van der Waals surface area (Å²) in [6, 6.07) is 12.8. The predicted octanol–water partition coefficient (Wildman–Crippen LogP) is 4.81. The van der Waals surface area contributed by atoms with Crippen molar-refractivity contribution in [3.8, 4) is 5.75 Å². The summed E-state index contributed by atoms with van der Waals surface area (Å²) < 4.78 is 29.5. The van der Waals surface area contributed by atoms with E-state index in [0.717, 1.165) is 5.56 Å². The predicted molar refractivity (Wildman–Crippen MR) is 95.7 cm³/mol. The first-order valence-electron chi connectivity index (χ1n) is 7.65. The number of anilines is 1. The Bertz CT molecular complexity index is 920. The van der Waals surface area contributed by atoms with E-state index >= 15 is 0 Å². The number of carbonyl (C=O) groups is 1. The lowest BCUT2D eigenvalue weighted by Crippen LogP contribution is -2.28. The van der Waals surface area contributed by atoms with Crippen LogP contribution in [-0.4, -0.2) is 17.6 Å². The van der Waals surface area contributed by atoms with E-state index in [-0.39, 0.29) is 11.3 Å². The molecule has 0 radical (unpaired) electrons. The van der Waals surface area contributed by atoms with Crippen molar-refractivity contribution in [3.05, 3.63) is 65.3 Å². The highest BCUT2D eigenvalue weighted by atomic mass is 35.5. The minimum absolute atomic E-state index is 0.0530. The number of alkyl halides is 2. The maximum absolute atomic E-state index is 12.5. The molecule has 0 atom stereocenters. The van der Waals surface area contributed by atoms with Crippen molar-refractivity contribution in [2.24, 2.45) is 0 Å². The van der Waals surface area contributed by atoms with Crippen LogP contribution in [0.3, 0.4) is 0 Å². The molecule has 0 fully saturated rings. The Balaban J connectivity index is 1.74. The number of pyridine rings is 1. The Hall–Kier alpha value is -2.93. The van der Waals surface area contributed by atoms with E-state index in [2.05, 4.69) is 20.4 Å². The first-order valence-corrected chi connectivity index (χ1v) is 8.02. The van der Waals surface area contributed by atoms with Crippen LogP contribution >= 0.6 is 11.6 Å². The van der Waals surface area contributed by atoms with Crippen molar-refractivity contribution < 1.29 is 18.3 Å². The van der Waals surface area contributed by atoms with Crippen LogP contribution < -0.4 is 15.4 Å². The van der Waals surface area contributed by atoms with Crippen molar-refractivity contribution in [1.29, 1.82) is 0 Å². The number of nitrogens with one attached hydrogen (secondary N) is 2. The molecule has 0 aliphatic carbocycles. The van der Waals surface area contributed by atoms with E-state index in [1.807, 2.05) is 0 Å². The number of benzene rings is 2. The molecule has 0 saturated heterocycles. The molecular weight excluding hydrogens is 364 g/mol. The molecule has 2 N–H and O–H groups in total. The molecule has 0 unspecified atom stereocenters. The first-order chi connectivity index (χ1) is 12.5. The van der Waals surface area contributed by atoms with Gasteiger partial charge >= 0.3 is 12.6 Å². The Labute approximate surface area is 152 Å². The van der Waals surface area contributed by atoms with Crippen molar-refractivity contribution in [2.45, 2.75) is 13.2 Å². The molecule has 134 valence electrons. The molecular formula is C18H14ClF2N3O2. The molecule has 2 aromatic carbocycles. The van der Waals surface area contributed by atoms with E-state index in [4.69, 9.17) is 11.6 Å². The third kappa shape index (κ3) is 4.37. The van der Waals surface area contributed by atoms with Crippen LogP contribution in [0.5, 0.6) is 5.75 Å². The highest BCUT2D eigenvalue weighted by molar-refractivity contribution is 6.30. The van der Waals surface area contributed by atoms with Crippen LogP contribution in [0.4, 0.5) is 19.3 Å². The Kier molecular flexibility index (Phi) is 5.48. The van der Waals surface area contributed by atoms with Gasteiger partial charge in [0.1, 0.15) is 5.52 Å². The monoisotopic (exact) mass is 377 g/mol. The van der Waals surface area contributed by atoms with E-state index in [1.54, 1.807) is 36.4 Å². The maximum atomic E-state index is 12.5. The molecule has 0 spiro atoms. The number of halogens is 3. The summed E-state index contributed by atoms with van der Waals surface area (Å²) in [6.45, 7) is -2.65. The van der Waals surface area contributed by atoms with Crippen LogP contribution in [-0.2, 0) is 6.54 Å². The van der Waals surface area contributed by atoms with Gasteiger partial charge in [0.05, 0.1) is 5.69 Å². The molecule has 26 heavy (non-hydrogen) atoms. The van der Waals surface area contributed by atoms with E-state index < -0.39 is 12.6 Å². The minimum atomic E-state index is -2.96. The Morgan fingerprint density at radius 3 is 2.65 bits per heavy atom. The number of carbonyl (C=O) groups excluding carboxylic acids is 1. The highest BCUT2D eigenvalue weighted by Crippen LogP contribution is 2.30. The molecule has 3 aromatic rings. The zero-order chi connectivity index (χ0) is 18.5. The van der Waals surface area contributed by atoms with Gasteiger partial charge in [-0.3, -0.25) is 4.98 Å². The van der Waals surface area contributed by atoms with Gasteiger partial charge in [0.25, 0.3) is 0 Å². The molecule has 0 bridgehead atoms. The van der Waals surface area contributed by atoms with Crippen LogP contribution in [0, 0.1) is 0 Å². The molecule has 0 saturated carbocycles. The SMILES string of the molecule is O=C(NCc1ccc(Cl)cc1)Nc1ccc(OC(F)F)c2ncccc12. The van der Waals surface area contributed by atoms with Crippen molar-refractivity contribution in [2.75, 3.05) is 5.32 Å². The van der Waals surface area contributed by atoms with Crippen LogP contribution in [0.25, 0.3) is 10.9 Å². The lowest BCUT2D eigenvalue weighted by Gasteiger charge is -2.13. The number of aromatic nitrogens is 1.